The standard InChI is InChI=1S/C28H54OS/c1-3-5-6-7-8-9-10-11-12-13-14-15-16-17-18-19-20-21-22-23-24-25-26-27-28(30)29-4-2/h4H,2-3,5-27H2,1H3. The van der Waals surface area contributed by atoms with Crippen LogP contribution < -0.4 is 0 Å². The molecule has 30 heavy (non-hydrogen) atoms. The second kappa shape index (κ2) is 26.7. The maximum Gasteiger partial charge on any atom is 0.166 e. The highest BCUT2D eigenvalue weighted by Gasteiger charge is 1.97. The van der Waals surface area contributed by atoms with E-state index in [0.29, 0.717) is 5.05 Å². The predicted molar refractivity (Wildman–Crippen MR) is 140 cm³/mol. The molecule has 2 heteroatoms. The Morgan fingerprint density at radius 1 is 0.533 bits per heavy atom. The van der Waals surface area contributed by atoms with Crippen molar-refractivity contribution in [3.63, 3.8) is 0 Å². The van der Waals surface area contributed by atoms with Crippen LogP contribution in [0.5, 0.6) is 0 Å². The molecule has 178 valence electrons. The van der Waals surface area contributed by atoms with Crippen LogP contribution in [0.15, 0.2) is 12.8 Å². The fourth-order valence-electron chi connectivity index (χ4n) is 4.21. The van der Waals surface area contributed by atoms with Gasteiger partial charge >= 0.3 is 0 Å². The number of unbranched alkanes of at least 4 members (excludes halogenated alkanes) is 22. The maximum atomic E-state index is 5.09. The van der Waals surface area contributed by atoms with E-state index in [1.165, 1.54) is 148 Å². The molecule has 0 saturated carbocycles. The lowest BCUT2D eigenvalue weighted by atomic mass is 10.0. The Bertz CT molecular complexity index is 353. The number of hydrogen-bond acceptors (Lipinski definition) is 2. The van der Waals surface area contributed by atoms with Crippen LogP contribution in [0.25, 0.3) is 0 Å². The molecular weight excluding hydrogens is 384 g/mol. The van der Waals surface area contributed by atoms with Crippen molar-refractivity contribution in [2.75, 3.05) is 0 Å². The van der Waals surface area contributed by atoms with Crippen LogP contribution in [0.2, 0.25) is 0 Å². The van der Waals surface area contributed by atoms with Crippen LogP contribution in [0.1, 0.15) is 161 Å². The Balaban J connectivity index is 3.03. The second-order valence-electron chi connectivity index (χ2n) is 9.18. The van der Waals surface area contributed by atoms with Gasteiger partial charge in [0.1, 0.15) is 0 Å². The van der Waals surface area contributed by atoms with Crippen molar-refractivity contribution in [3.05, 3.63) is 12.8 Å². The van der Waals surface area contributed by atoms with Crippen molar-refractivity contribution >= 4 is 17.3 Å². The molecule has 0 aliphatic carbocycles. The molecule has 0 atom stereocenters. The van der Waals surface area contributed by atoms with E-state index in [1.54, 1.807) is 0 Å². The van der Waals surface area contributed by atoms with Crippen molar-refractivity contribution in [1.29, 1.82) is 0 Å². The van der Waals surface area contributed by atoms with E-state index in [2.05, 4.69) is 13.5 Å². The second-order valence-corrected chi connectivity index (χ2v) is 9.64. The minimum Gasteiger partial charge on any atom is -0.459 e. The highest BCUT2D eigenvalue weighted by Crippen LogP contribution is 2.15. The van der Waals surface area contributed by atoms with E-state index in [0.717, 1.165) is 12.8 Å². The average Bonchev–Trinajstić information content (AvgIpc) is 2.74. The lowest BCUT2D eigenvalue weighted by Crippen LogP contribution is -1.95. The first-order chi connectivity index (χ1) is 14.8. The van der Waals surface area contributed by atoms with E-state index < -0.39 is 0 Å². The highest BCUT2D eigenvalue weighted by atomic mass is 32.1. The minimum absolute atomic E-state index is 0.688. The van der Waals surface area contributed by atoms with Gasteiger partial charge in [-0.2, -0.15) is 0 Å². The molecular formula is C28H54OS. The third-order valence-electron chi connectivity index (χ3n) is 6.20. The summed E-state index contributed by atoms with van der Waals surface area (Å²) < 4.78 is 5.09. The third-order valence-corrected chi connectivity index (χ3v) is 6.50. The van der Waals surface area contributed by atoms with Crippen molar-refractivity contribution in [1.82, 2.24) is 0 Å². The van der Waals surface area contributed by atoms with Crippen molar-refractivity contribution in [2.24, 2.45) is 0 Å². The molecule has 0 bridgehead atoms. The molecule has 0 aromatic carbocycles. The first-order valence-corrected chi connectivity index (χ1v) is 14.0. The van der Waals surface area contributed by atoms with Gasteiger partial charge in [0.25, 0.3) is 0 Å². The van der Waals surface area contributed by atoms with Crippen LogP contribution in [0, 0.1) is 0 Å². The Hall–Kier alpha value is -0.370. The Morgan fingerprint density at radius 2 is 0.800 bits per heavy atom. The van der Waals surface area contributed by atoms with Crippen LogP contribution >= 0.6 is 12.2 Å². The maximum absolute atomic E-state index is 5.09. The van der Waals surface area contributed by atoms with E-state index in [-0.39, 0.29) is 0 Å². The fraction of sp³-hybridized carbons (Fsp3) is 0.893. The molecule has 0 saturated heterocycles. The monoisotopic (exact) mass is 438 g/mol. The molecule has 0 radical (unpaired) electrons. The molecule has 1 nitrogen and oxygen atoms in total. The SMILES string of the molecule is C=COC(=S)CCCCCCCCCCCCCCCCCCCCCCCCC. The minimum atomic E-state index is 0.688. The normalized spacial score (nSPS) is 11.0. The average molecular weight is 439 g/mol. The zero-order valence-corrected chi connectivity index (χ0v) is 21.4. The first kappa shape index (κ1) is 29.6. The number of ether oxygens (including phenoxy) is 1. The van der Waals surface area contributed by atoms with E-state index in [1.807, 2.05) is 0 Å². The summed E-state index contributed by atoms with van der Waals surface area (Å²) in [5.74, 6) is 0. The number of hydrogen-bond donors (Lipinski definition) is 0. The summed E-state index contributed by atoms with van der Waals surface area (Å²) >= 11 is 5.09. The molecule has 0 N–H and O–H groups in total. The van der Waals surface area contributed by atoms with Crippen molar-refractivity contribution in [2.45, 2.75) is 161 Å². The van der Waals surface area contributed by atoms with Gasteiger partial charge in [0, 0.05) is 6.42 Å². The summed E-state index contributed by atoms with van der Waals surface area (Å²) in [6, 6.07) is 0. The fourth-order valence-corrected chi connectivity index (χ4v) is 4.42. The van der Waals surface area contributed by atoms with Crippen LogP contribution in [0.3, 0.4) is 0 Å². The quantitative estimate of drug-likeness (QED) is 0.0796. The number of thiocarbonyl (C=S) groups is 1. The van der Waals surface area contributed by atoms with Gasteiger partial charge in [-0.05, 0) is 18.6 Å². The molecule has 0 fully saturated rings. The van der Waals surface area contributed by atoms with Gasteiger partial charge in [-0.3, -0.25) is 0 Å². The predicted octanol–water partition coefficient (Wildman–Crippen LogP) is 10.9. The summed E-state index contributed by atoms with van der Waals surface area (Å²) in [6.45, 7) is 5.83. The summed E-state index contributed by atoms with van der Waals surface area (Å²) in [4.78, 5) is 0. The van der Waals surface area contributed by atoms with E-state index >= 15 is 0 Å². The molecule has 0 aromatic rings. The van der Waals surface area contributed by atoms with E-state index in [9.17, 15) is 0 Å². The number of rotatable bonds is 25. The van der Waals surface area contributed by atoms with E-state index in [4.69, 9.17) is 17.0 Å². The van der Waals surface area contributed by atoms with Crippen molar-refractivity contribution in [3.8, 4) is 0 Å². The molecule has 0 spiro atoms. The molecule has 0 heterocycles. The molecule has 0 rings (SSSR count). The Labute approximate surface area is 195 Å². The smallest absolute Gasteiger partial charge is 0.166 e. The lowest BCUT2D eigenvalue weighted by molar-refractivity contribution is 0.465. The lowest BCUT2D eigenvalue weighted by Gasteiger charge is -2.04. The Morgan fingerprint density at radius 3 is 1.07 bits per heavy atom. The Kier molecular flexibility index (Phi) is 26.3. The molecule has 0 unspecified atom stereocenters. The van der Waals surface area contributed by atoms with Gasteiger partial charge in [0.15, 0.2) is 5.05 Å². The molecule has 0 amide bonds. The zero-order chi connectivity index (χ0) is 22.0. The highest BCUT2D eigenvalue weighted by molar-refractivity contribution is 7.80. The molecule has 0 aromatic heterocycles. The van der Waals surface area contributed by atoms with Gasteiger partial charge in [-0.15, -0.1) is 0 Å². The largest absolute Gasteiger partial charge is 0.459 e. The van der Waals surface area contributed by atoms with Crippen molar-refractivity contribution < 1.29 is 4.74 Å². The molecule has 0 aliphatic rings. The molecule has 0 aliphatic heterocycles. The van der Waals surface area contributed by atoms with Gasteiger partial charge < -0.3 is 4.74 Å². The first-order valence-electron chi connectivity index (χ1n) is 13.6. The topological polar surface area (TPSA) is 9.23 Å². The summed E-state index contributed by atoms with van der Waals surface area (Å²) in [5, 5.41) is 0.688. The van der Waals surface area contributed by atoms with Crippen LogP contribution in [0.4, 0.5) is 0 Å². The van der Waals surface area contributed by atoms with Crippen LogP contribution in [-0.2, 0) is 4.74 Å². The van der Waals surface area contributed by atoms with Gasteiger partial charge in [-0.1, -0.05) is 155 Å². The van der Waals surface area contributed by atoms with Gasteiger partial charge in [0.2, 0.25) is 0 Å². The summed E-state index contributed by atoms with van der Waals surface area (Å²) in [5.41, 5.74) is 0. The zero-order valence-electron chi connectivity index (χ0n) is 20.6. The van der Waals surface area contributed by atoms with Gasteiger partial charge in [-0.25, -0.2) is 0 Å². The van der Waals surface area contributed by atoms with Gasteiger partial charge in [0.05, 0.1) is 6.26 Å². The summed E-state index contributed by atoms with van der Waals surface area (Å²) in [6.07, 6.45) is 35.1. The summed E-state index contributed by atoms with van der Waals surface area (Å²) in [7, 11) is 0. The third kappa shape index (κ3) is 25.7. The van der Waals surface area contributed by atoms with Crippen LogP contribution in [-0.4, -0.2) is 5.05 Å².